The Hall–Kier alpha value is -1.34. The third-order valence-electron chi connectivity index (χ3n) is 3.64. The van der Waals surface area contributed by atoms with Gasteiger partial charge in [-0.1, -0.05) is 19.3 Å². The number of rotatable bonds is 6. The molecule has 0 radical (unpaired) electrons. The second-order valence-corrected chi connectivity index (χ2v) is 5.21. The molecule has 4 N–H and O–H groups in total. The summed E-state index contributed by atoms with van der Waals surface area (Å²) in [4.78, 5) is 24.7. The Labute approximate surface area is 118 Å². The number of aliphatic carboxylic acids is 1. The topological polar surface area (TPSA) is 110 Å². The molecule has 2 amide bonds. The van der Waals surface area contributed by atoms with E-state index < -0.39 is 24.1 Å². The molecule has 1 fully saturated rings. The Morgan fingerprint density at radius 1 is 1.30 bits per heavy atom. The molecule has 0 heterocycles. The molecule has 2 unspecified atom stereocenters. The fraction of sp³-hybridized carbons (Fsp3) is 0.846. The summed E-state index contributed by atoms with van der Waals surface area (Å²) in [6, 6.07) is -1.86. The lowest BCUT2D eigenvalue weighted by molar-refractivity contribution is -0.141. The molecule has 0 aliphatic heterocycles. The zero-order valence-electron chi connectivity index (χ0n) is 11.8. The summed E-state index contributed by atoms with van der Waals surface area (Å²) in [7, 11) is 0. The molecule has 1 saturated carbocycles. The van der Waals surface area contributed by atoms with Crippen LogP contribution in [0.1, 0.15) is 39.0 Å². The Morgan fingerprint density at radius 2 is 1.90 bits per heavy atom. The van der Waals surface area contributed by atoms with E-state index in [9.17, 15) is 14.7 Å². The summed E-state index contributed by atoms with van der Waals surface area (Å²) in [5, 5.41) is 29.8. The van der Waals surface area contributed by atoms with E-state index in [-0.39, 0.29) is 19.2 Å². The molecule has 7 heteroatoms. The third kappa shape index (κ3) is 4.64. The Bertz CT molecular complexity index is 329. The SMILES string of the molecule is CC(O)C(NC(=O)N(CCO)C1CCCCC1)C(=O)O. The maximum Gasteiger partial charge on any atom is 0.328 e. The van der Waals surface area contributed by atoms with Crippen LogP contribution in [0, 0.1) is 0 Å². The summed E-state index contributed by atoms with van der Waals surface area (Å²) in [5.74, 6) is -1.28. The number of nitrogens with one attached hydrogen (secondary N) is 1. The molecular weight excluding hydrogens is 264 g/mol. The van der Waals surface area contributed by atoms with Gasteiger partial charge in [-0.3, -0.25) is 0 Å². The van der Waals surface area contributed by atoms with Gasteiger partial charge in [-0.25, -0.2) is 9.59 Å². The summed E-state index contributed by atoms with van der Waals surface area (Å²) in [6.07, 6.45) is 3.73. The van der Waals surface area contributed by atoms with Gasteiger partial charge in [0.05, 0.1) is 12.7 Å². The van der Waals surface area contributed by atoms with Crippen LogP contribution >= 0.6 is 0 Å². The summed E-state index contributed by atoms with van der Waals surface area (Å²) in [5.41, 5.74) is 0. The van der Waals surface area contributed by atoms with E-state index >= 15 is 0 Å². The van der Waals surface area contributed by atoms with Crippen molar-refractivity contribution in [2.45, 2.75) is 57.2 Å². The number of amides is 2. The predicted octanol–water partition coefficient (Wildman–Crippen LogP) is 0.157. The van der Waals surface area contributed by atoms with Gasteiger partial charge in [-0.15, -0.1) is 0 Å². The first kappa shape index (κ1) is 16.7. The molecular formula is C13H24N2O5. The number of urea groups is 1. The van der Waals surface area contributed by atoms with Crippen molar-refractivity contribution < 1.29 is 24.9 Å². The summed E-state index contributed by atoms with van der Waals surface area (Å²) < 4.78 is 0. The van der Waals surface area contributed by atoms with Crippen molar-refractivity contribution in [3.8, 4) is 0 Å². The molecule has 0 aromatic rings. The molecule has 0 aromatic carbocycles. The molecule has 0 saturated heterocycles. The highest BCUT2D eigenvalue weighted by molar-refractivity contribution is 5.83. The number of carboxylic acid groups (broad SMARTS) is 1. The van der Waals surface area contributed by atoms with Gasteiger partial charge in [0, 0.05) is 12.6 Å². The largest absolute Gasteiger partial charge is 0.480 e. The number of nitrogens with zero attached hydrogens (tertiary/aromatic N) is 1. The molecule has 1 aliphatic rings. The van der Waals surface area contributed by atoms with Gasteiger partial charge in [0.2, 0.25) is 0 Å². The van der Waals surface area contributed by atoms with Gasteiger partial charge in [0.15, 0.2) is 6.04 Å². The average Bonchev–Trinajstić information content (AvgIpc) is 2.42. The van der Waals surface area contributed by atoms with Crippen LogP contribution in [-0.2, 0) is 4.79 Å². The molecule has 0 aromatic heterocycles. The van der Waals surface area contributed by atoms with Crippen LogP contribution in [0.4, 0.5) is 4.79 Å². The van der Waals surface area contributed by atoms with E-state index in [0.717, 1.165) is 32.1 Å². The van der Waals surface area contributed by atoms with E-state index in [2.05, 4.69) is 5.32 Å². The van der Waals surface area contributed by atoms with E-state index in [1.807, 2.05) is 0 Å². The minimum atomic E-state index is -1.34. The van der Waals surface area contributed by atoms with Crippen LogP contribution in [0.5, 0.6) is 0 Å². The van der Waals surface area contributed by atoms with Gasteiger partial charge in [-0.05, 0) is 19.8 Å². The first-order valence-electron chi connectivity index (χ1n) is 7.06. The summed E-state index contributed by atoms with van der Waals surface area (Å²) >= 11 is 0. The van der Waals surface area contributed by atoms with Gasteiger partial charge >= 0.3 is 12.0 Å². The zero-order valence-corrected chi connectivity index (χ0v) is 11.8. The van der Waals surface area contributed by atoms with E-state index in [1.54, 1.807) is 0 Å². The first-order valence-corrected chi connectivity index (χ1v) is 7.06. The molecule has 1 aliphatic carbocycles. The van der Waals surface area contributed by atoms with Crippen LogP contribution < -0.4 is 5.32 Å². The highest BCUT2D eigenvalue weighted by Gasteiger charge is 2.30. The van der Waals surface area contributed by atoms with Gasteiger partial charge in [0.25, 0.3) is 0 Å². The van der Waals surface area contributed by atoms with Crippen molar-refractivity contribution in [2.75, 3.05) is 13.2 Å². The molecule has 116 valence electrons. The van der Waals surface area contributed by atoms with E-state index in [4.69, 9.17) is 10.2 Å². The lowest BCUT2D eigenvalue weighted by Gasteiger charge is -2.35. The zero-order chi connectivity index (χ0) is 15.1. The van der Waals surface area contributed by atoms with Crippen molar-refractivity contribution in [1.82, 2.24) is 10.2 Å². The van der Waals surface area contributed by atoms with Crippen molar-refractivity contribution in [3.05, 3.63) is 0 Å². The quantitative estimate of drug-likeness (QED) is 0.556. The highest BCUT2D eigenvalue weighted by Crippen LogP contribution is 2.22. The lowest BCUT2D eigenvalue weighted by Crippen LogP contribution is -2.55. The van der Waals surface area contributed by atoms with Crippen molar-refractivity contribution >= 4 is 12.0 Å². The normalized spacial score (nSPS) is 19.1. The van der Waals surface area contributed by atoms with Gasteiger partial charge < -0.3 is 25.5 Å². The summed E-state index contributed by atoms with van der Waals surface area (Å²) in [6.45, 7) is 1.31. The number of carboxylic acids is 1. The minimum Gasteiger partial charge on any atom is -0.480 e. The number of carbonyl (C=O) groups is 2. The Kier molecular flexibility index (Phi) is 6.74. The number of aliphatic hydroxyl groups excluding tert-OH is 2. The second kappa shape index (κ2) is 8.06. The van der Waals surface area contributed by atoms with E-state index in [0.29, 0.717) is 0 Å². The number of hydrogen-bond acceptors (Lipinski definition) is 4. The smallest absolute Gasteiger partial charge is 0.328 e. The van der Waals surface area contributed by atoms with Gasteiger partial charge in [-0.2, -0.15) is 0 Å². The average molecular weight is 288 g/mol. The maximum atomic E-state index is 12.2. The second-order valence-electron chi connectivity index (χ2n) is 5.21. The lowest BCUT2D eigenvalue weighted by atomic mass is 9.94. The number of hydrogen-bond donors (Lipinski definition) is 4. The standard InChI is InChI=1S/C13H24N2O5/c1-9(17)11(12(18)19)14-13(20)15(7-8-16)10-5-3-2-4-6-10/h9-11,16-17H,2-8H2,1H3,(H,14,20)(H,18,19). The van der Waals surface area contributed by atoms with Crippen molar-refractivity contribution in [1.29, 1.82) is 0 Å². The van der Waals surface area contributed by atoms with Gasteiger partial charge in [0.1, 0.15) is 0 Å². The monoisotopic (exact) mass is 288 g/mol. The van der Waals surface area contributed by atoms with E-state index in [1.165, 1.54) is 11.8 Å². The molecule has 7 nitrogen and oxygen atoms in total. The molecule has 2 atom stereocenters. The highest BCUT2D eigenvalue weighted by atomic mass is 16.4. The van der Waals surface area contributed by atoms with Crippen LogP contribution in [0.3, 0.4) is 0 Å². The fourth-order valence-electron chi connectivity index (χ4n) is 2.56. The van der Waals surface area contributed by atoms with Crippen molar-refractivity contribution in [2.24, 2.45) is 0 Å². The molecule has 1 rings (SSSR count). The van der Waals surface area contributed by atoms with Crippen LogP contribution in [0.25, 0.3) is 0 Å². The van der Waals surface area contributed by atoms with Crippen LogP contribution in [-0.4, -0.2) is 63.6 Å². The Balaban J connectivity index is 2.69. The third-order valence-corrected chi connectivity index (χ3v) is 3.64. The molecule has 20 heavy (non-hydrogen) atoms. The predicted molar refractivity (Wildman–Crippen MR) is 72.3 cm³/mol. The fourth-order valence-corrected chi connectivity index (χ4v) is 2.56. The van der Waals surface area contributed by atoms with Crippen LogP contribution in [0.15, 0.2) is 0 Å². The maximum absolute atomic E-state index is 12.2. The van der Waals surface area contributed by atoms with Crippen molar-refractivity contribution in [3.63, 3.8) is 0 Å². The van der Waals surface area contributed by atoms with Crippen LogP contribution in [0.2, 0.25) is 0 Å². The minimum absolute atomic E-state index is 0.0272. The molecule has 0 spiro atoms. The first-order chi connectivity index (χ1) is 9.47. The number of aliphatic hydroxyl groups is 2. The Morgan fingerprint density at radius 3 is 2.35 bits per heavy atom. The number of carbonyl (C=O) groups excluding carboxylic acids is 1. The molecule has 0 bridgehead atoms.